The van der Waals surface area contributed by atoms with Crippen molar-refractivity contribution in [2.24, 2.45) is 0 Å². The highest BCUT2D eigenvalue weighted by Crippen LogP contribution is 2.19. The highest BCUT2D eigenvalue weighted by Gasteiger charge is 2.13. The molecule has 1 amide bonds. The summed E-state index contributed by atoms with van der Waals surface area (Å²) in [5.74, 6) is -0.196. The molecule has 0 spiro atoms. The van der Waals surface area contributed by atoms with E-state index in [9.17, 15) is 4.79 Å². The van der Waals surface area contributed by atoms with Gasteiger partial charge in [-0.2, -0.15) is 0 Å². The Labute approximate surface area is 125 Å². The van der Waals surface area contributed by atoms with Crippen molar-refractivity contribution in [2.75, 3.05) is 18.9 Å². The number of nitrogens with two attached hydrogens (primary N) is 1. The number of carbonyl (C=O) groups is 1. The van der Waals surface area contributed by atoms with Crippen molar-refractivity contribution < 1.29 is 9.53 Å². The van der Waals surface area contributed by atoms with Gasteiger partial charge < -0.3 is 15.8 Å². The van der Waals surface area contributed by atoms with E-state index in [0.717, 1.165) is 12.8 Å². The summed E-state index contributed by atoms with van der Waals surface area (Å²) >= 11 is 0. The minimum Gasteiger partial charge on any atom is -0.398 e. The monoisotopic (exact) mass is 299 g/mol. The van der Waals surface area contributed by atoms with Crippen molar-refractivity contribution in [1.82, 2.24) is 10.3 Å². The predicted octanol–water partition coefficient (Wildman–Crippen LogP) is 2.16. The molecule has 0 saturated heterocycles. The molecule has 1 saturated carbocycles. The summed E-state index contributed by atoms with van der Waals surface area (Å²) in [6.45, 7) is 1.06. The number of nitrogens with one attached hydrogen (secondary N) is 1. The van der Waals surface area contributed by atoms with Gasteiger partial charge in [-0.05, 0) is 18.9 Å². The number of rotatable bonds is 5. The zero-order valence-electron chi connectivity index (χ0n) is 11.5. The number of amides is 1. The van der Waals surface area contributed by atoms with Crippen molar-refractivity contribution in [2.45, 2.75) is 38.2 Å². The van der Waals surface area contributed by atoms with Crippen LogP contribution in [0.2, 0.25) is 0 Å². The Hall–Kier alpha value is -1.33. The molecule has 0 unspecified atom stereocenters. The van der Waals surface area contributed by atoms with Gasteiger partial charge in [-0.1, -0.05) is 19.3 Å². The van der Waals surface area contributed by atoms with E-state index >= 15 is 0 Å². The van der Waals surface area contributed by atoms with E-state index in [4.69, 9.17) is 10.5 Å². The third-order valence-electron chi connectivity index (χ3n) is 3.39. The molecular weight excluding hydrogens is 278 g/mol. The van der Waals surface area contributed by atoms with Gasteiger partial charge in [0, 0.05) is 24.6 Å². The molecule has 1 fully saturated rings. The summed E-state index contributed by atoms with van der Waals surface area (Å²) in [7, 11) is 0. The highest BCUT2D eigenvalue weighted by molar-refractivity contribution is 5.98. The largest absolute Gasteiger partial charge is 0.398 e. The van der Waals surface area contributed by atoms with E-state index < -0.39 is 0 Å². The van der Waals surface area contributed by atoms with Crippen LogP contribution in [0, 0.1) is 0 Å². The number of nitrogen functional groups attached to an aromatic ring is 1. The number of halogens is 1. The number of hydrogen-bond donors (Lipinski definition) is 2. The van der Waals surface area contributed by atoms with E-state index in [1.54, 1.807) is 12.3 Å². The molecule has 2 rings (SSSR count). The lowest BCUT2D eigenvalue weighted by molar-refractivity contribution is 0.0299. The molecule has 112 valence electrons. The molecule has 20 heavy (non-hydrogen) atoms. The number of nitrogens with zero attached hydrogens (tertiary/aromatic N) is 1. The molecule has 0 radical (unpaired) electrons. The zero-order valence-corrected chi connectivity index (χ0v) is 12.3. The minimum absolute atomic E-state index is 0. The molecular formula is C14H22ClN3O2. The van der Waals surface area contributed by atoms with Crippen LogP contribution in [0.25, 0.3) is 0 Å². The maximum atomic E-state index is 11.8. The number of ether oxygens (including phenoxy) is 1. The molecule has 1 heterocycles. The molecule has 5 nitrogen and oxygen atoms in total. The molecule has 1 aromatic rings. The second-order valence-electron chi connectivity index (χ2n) is 4.85. The van der Waals surface area contributed by atoms with Crippen molar-refractivity contribution in [3.8, 4) is 0 Å². The molecule has 1 aliphatic carbocycles. The Morgan fingerprint density at radius 3 is 2.85 bits per heavy atom. The van der Waals surface area contributed by atoms with Gasteiger partial charge in [0.2, 0.25) is 0 Å². The third kappa shape index (κ3) is 4.98. The zero-order chi connectivity index (χ0) is 13.5. The smallest absolute Gasteiger partial charge is 0.255 e. The SMILES string of the molecule is Cl.Nc1ccncc1C(=O)NCCOC1CCCCC1. The van der Waals surface area contributed by atoms with Gasteiger partial charge >= 0.3 is 0 Å². The summed E-state index contributed by atoms with van der Waals surface area (Å²) in [5, 5.41) is 2.80. The van der Waals surface area contributed by atoms with Crippen LogP contribution in [0.4, 0.5) is 5.69 Å². The Bertz CT molecular complexity index is 423. The summed E-state index contributed by atoms with van der Waals surface area (Å²) in [5.41, 5.74) is 6.57. The van der Waals surface area contributed by atoms with Crippen LogP contribution in [-0.4, -0.2) is 30.1 Å². The van der Waals surface area contributed by atoms with Gasteiger partial charge in [-0.25, -0.2) is 0 Å². The minimum atomic E-state index is -0.196. The van der Waals surface area contributed by atoms with Gasteiger partial charge in [0.05, 0.1) is 18.3 Å². The standard InChI is InChI=1S/C14H21N3O2.ClH/c15-13-6-7-16-10-12(13)14(18)17-8-9-19-11-4-2-1-3-5-11;/h6-7,10-11H,1-5,8-9H2,(H2,15,16)(H,17,18);1H. The molecule has 0 bridgehead atoms. The first kappa shape index (κ1) is 16.7. The first-order valence-electron chi connectivity index (χ1n) is 6.86. The highest BCUT2D eigenvalue weighted by atomic mass is 35.5. The van der Waals surface area contributed by atoms with E-state index in [2.05, 4.69) is 10.3 Å². The first-order valence-corrected chi connectivity index (χ1v) is 6.86. The average molecular weight is 300 g/mol. The van der Waals surface area contributed by atoms with Crippen molar-refractivity contribution >= 4 is 24.0 Å². The van der Waals surface area contributed by atoms with Crippen LogP contribution in [-0.2, 0) is 4.74 Å². The fraction of sp³-hybridized carbons (Fsp3) is 0.571. The van der Waals surface area contributed by atoms with Crippen LogP contribution >= 0.6 is 12.4 Å². The summed E-state index contributed by atoms with van der Waals surface area (Å²) in [6, 6.07) is 1.62. The van der Waals surface area contributed by atoms with Gasteiger partial charge in [-0.3, -0.25) is 9.78 Å². The van der Waals surface area contributed by atoms with E-state index in [1.807, 2.05) is 0 Å². The summed E-state index contributed by atoms with van der Waals surface area (Å²) in [4.78, 5) is 15.7. The molecule has 0 atom stereocenters. The van der Waals surface area contributed by atoms with E-state index in [1.165, 1.54) is 25.5 Å². The van der Waals surface area contributed by atoms with Gasteiger partial charge in [0.1, 0.15) is 0 Å². The summed E-state index contributed by atoms with van der Waals surface area (Å²) < 4.78 is 5.74. The van der Waals surface area contributed by atoms with Gasteiger partial charge in [0.15, 0.2) is 0 Å². The maximum Gasteiger partial charge on any atom is 0.255 e. The van der Waals surface area contributed by atoms with Crippen LogP contribution in [0.3, 0.4) is 0 Å². The fourth-order valence-corrected chi connectivity index (χ4v) is 2.31. The van der Waals surface area contributed by atoms with Crippen LogP contribution < -0.4 is 11.1 Å². The summed E-state index contributed by atoms with van der Waals surface area (Å²) in [6.07, 6.45) is 9.52. The average Bonchev–Trinajstić information content (AvgIpc) is 2.45. The second kappa shape index (κ2) is 8.76. The van der Waals surface area contributed by atoms with Crippen molar-refractivity contribution in [1.29, 1.82) is 0 Å². The first-order chi connectivity index (χ1) is 9.27. The number of pyridine rings is 1. The number of carbonyl (C=O) groups excluding carboxylic acids is 1. The Morgan fingerprint density at radius 1 is 1.40 bits per heavy atom. The Kier molecular flexibility index (Phi) is 7.33. The van der Waals surface area contributed by atoms with Crippen LogP contribution in [0.15, 0.2) is 18.5 Å². The quantitative estimate of drug-likeness (QED) is 0.817. The Balaban J connectivity index is 0.00000200. The molecule has 0 aliphatic heterocycles. The number of hydrogen-bond acceptors (Lipinski definition) is 4. The topological polar surface area (TPSA) is 77.2 Å². The molecule has 3 N–H and O–H groups in total. The Morgan fingerprint density at radius 2 is 2.15 bits per heavy atom. The van der Waals surface area contributed by atoms with Gasteiger partial charge in [-0.15, -0.1) is 12.4 Å². The fourth-order valence-electron chi connectivity index (χ4n) is 2.31. The number of aromatic nitrogens is 1. The molecule has 1 aliphatic rings. The van der Waals surface area contributed by atoms with Crippen molar-refractivity contribution in [3.05, 3.63) is 24.0 Å². The maximum absolute atomic E-state index is 11.8. The lowest BCUT2D eigenvalue weighted by Gasteiger charge is -2.22. The van der Waals surface area contributed by atoms with Crippen molar-refractivity contribution in [3.63, 3.8) is 0 Å². The second-order valence-corrected chi connectivity index (χ2v) is 4.85. The number of anilines is 1. The molecule has 0 aromatic carbocycles. The van der Waals surface area contributed by atoms with Crippen LogP contribution in [0.1, 0.15) is 42.5 Å². The normalized spacial score (nSPS) is 15.4. The molecule has 6 heteroatoms. The lowest BCUT2D eigenvalue weighted by atomic mass is 9.98. The molecule has 1 aromatic heterocycles. The van der Waals surface area contributed by atoms with Gasteiger partial charge in [0.25, 0.3) is 5.91 Å². The third-order valence-corrected chi connectivity index (χ3v) is 3.39. The lowest BCUT2D eigenvalue weighted by Crippen LogP contribution is -2.29. The predicted molar refractivity (Wildman–Crippen MR) is 81.1 cm³/mol. The van der Waals surface area contributed by atoms with Crippen LogP contribution in [0.5, 0.6) is 0 Å². The van der Waals surface area contributed by atoms with E-state index in [-0.39, 0.29) is 18.3 Å². The van der Waals surface area contributed by atoms with E-state index in [0.29, 0.717) is 30.5 Å².